The number of hydrogen-bond donors (Lipinski definition) is 1. The fourth-order valence-corrected chi connectivity index (χ4v) is 4.45. The highest BCUT2D eigenvalue weighted by molar-refractivity contribution is 14.0. The number of rotatable bonds is 8. The average molecular weight is 524 g/mol. The van der Waals surface area contributed by atoms with Gasteiger partial charge in [0.1, 0.15) is 11.1 Å². The molecular formula is C18H30IN5OS2. The van der Waals surface area contributed by atoms with Crippen molar-refractivity contribution in [1.29, 1.82) is 0 Å². The van der Waals surface area contributed by atoms with Crippen LogP contribution in [-0.4, -0.2) is 48.6 Å². The molecule has 6 nitrogen and oxygen atoms in total. The summed E-state index contributed by atoms with van der Waals surface area (Å²) in [7, 11) is 5.54. The molecule has 0 aliphatic rings. The van der Waals surface area contributed by atoms with E-state index < -0.39 is 0 Å². The number of aromatic nitrogens is 2. The first kappa shape index (κ1) is 24.3. The van der Waals surface area contributed by atoms with Gasteiger partial charge in [-0.25, -0.2) is 9.97 Å². The van der Waals surface area contributed by atoms with E-state index in [1.54, 1.807) is 36.8 Å². The number of aliphatic imine (C=N–C) groups is 1. The smallest absolute Gasteiger partial charge is 0.193 e. The van der Waals surface area contributed by atoms with E-state index >= 15 is 0 Å². The van der Waals surface area contributed by atoms with Crippen LogP contribution in [0.15, 0.2) is 10.4 Å². The van der Waals surface area contributed by atoms with Crippen molar-refractivity contribution in [3.05, 3.63) is 31.7 Å². The summed E-state index contributed by atoms with van der Waals surface area (Å²) in [5, 5.41) is 7.69. The largest absolute Gasteiger partial charge is 0.375 e. The zero-order valence-electron chi connectivity index (χ0n) is 16.9. The molecule has 0 aliphatic heterocycles. The van der Waals surface area contributed by atoms with E-state index in [4.69, 9.17) is 9.72 Å². The Kier molecular flexibility index (Phi) is 10.7. The minimum atomic E-state index is 0. The Bertz CT molecular complexity index is 731. The zero-order valence-corrected chi connectivity index (χ0v) is 20.9. The van der Waals surface area contributed by atoms with E-state index in [0.29, 0.717) is 6.54 Å². The summed E-state index contributed by atoms with van der Waals surface area (Å²) in [5.41, 5.74) is 2.25. The van der Waals surface area contributed by atoms with Gasteiger partial charge in [-0.05, 0) is 20.3 Å². The number of ether oxygens (including phenoxy) is 1. The zero-order chi connectivity index (χ0) is 19.1. The predicted molar refractivity (Wildman–Crippen MR) is 126 cm³/mol. The molecule has 2 aromatic rings. The fraction of sp³-hybridized carbons (Fsp3) is 0.611. The van der Waals surface area contributed by atoms with E-state index in [-0.39, 0.29) is 30.1 Å². The molecule has 1 unspecified atom stereocenters. The van der Waals surface area contributed by atoms with Gasteiger partial charge in [0.25, 0.3) is 0 Å². The second kappa shape index (κ2) is 11.9. The van der Waals surface area contributed by atoms with Crippen molar-refractivity contribution < 1.29 is 4.74 Å². The lowest BCUT2D eigenvalue weighted by atomic mass is 10.3. The van der Waals surface area contributed by atoms with Crippen molar-refractivity contribution in [3.63, 3.8) is 0 Å². The number of thiazole rings is 2. The van der Waals surface area contributed by atoms with Gasteiger partial charge in [0, 0.05) is 44.4 Å². The van der Waals surface area contributed by atoms with Crippen molar-refractivity contribution in [3.8, 4) is 0 Å². The maximum absolute atomic E-state index is 5.33. The van der Waals surface area contributed by atoms with Crippen LogP contribution >= 0.6 is 46.7 Å². The molecule has 0 aromatic carbocycles. The van der Waals surface area contributed by atoms with Crippen LogP contribution < -0.4 is 5.32 Å². The van der Waals surface area contributed by atoms with Crippen molar-refractivity contribution in [2.24, 2.45) is 4.99 Å². The van der Waals surface area contributed by atoms with E-state index in [0.717, 1.165) is 36.0 Å². The third-order valence-electron chi connectivity index (χ3n) is 4.14. The Morgan fingerprint density at radius 3 is 2.74 bits per heavy atom. The Morgan fingerprint density at radius 1 is 1.41 bits per heavy atom. The maximum Gasteiger partial charge on any atom is 0.193 e. The van der Waals surface area contributed by atoms with Crippen LogP contribution in [0.4, 0.5) is 0 Å². The molecule has 1 N–H and O–H groups in total. The van der Waals surface area contributed by atoms with Crippen LogP contribution in [0.5, 0.6) is 0 Å². The minimum absolute atomic E-state index is 0. The van der Waals surface area contributed by atoms with E-state index in [1.807, 2.05) is 14.0 Å². The molecule has 2 aromatic heterocycles. The van der Waals surface area contributed by atoms with Crippen LogP contribution in [0.3, 0.4) is 0 Å². The SMILES string of the molecule is CCc1nc(CCNC(=NC)N(C)Cc2csc(C(C)OC)n2)sc1C.I. The lowest BCUT2D eigenvalue weighted by Crippen LogP contribution is -2.39. The number of guanidine groups is 1. The average Bonchev–Trinajstić information content (AvgIpc) is 3.24. The summed E-state index contributed by atoms with van der Waals surface area (Å²) in [6, 6.07) is 0. The molecule has 0 aliphatic carbocycles. The van der Waals surface area contributed by atoms with E-state index in [2.05, 4.69) is 39.4 Å². The number of hydrogen-bond acceptors (Lipinski definition) is 6. The molecule has 0 saturated carbocycles. The Balaban J connectivity index is 0.00000364. The van der Waals surface area contributed by atoms with Crippen LogP contribution in [0.2, 0.25) is 0 Å². The second-order valence-electron chi connectivity index (χ2n) is 6.10. The lowest BCUT2D eigenvalue weighted by molar-refractivity contribution is 0.119. The first-order valence-corrected chi connectivity index (χ1v) is 10.5. The van der Waals surface area contributed by atoms with Gasteiger partial charge in [-0.15, -0.1) is 46.7 Å². The number of methoxy groups -OCH3 is 1. The highest BCUT2D eigenvalue weighted by Crippen LogP contribution is 2.21. The molecule has 1 atom stereocenters. The fourth-order valence-electron chi connectivity index (χ4n) is 2.59. The molecule has 2 rings (SSSR count). The molecule has 0 saturated heterocycles. The molecular weight excluding hydrogens is 493 g/mol. The summed E-state index contributed by atoms with van der Waals surface area (Å²) in [6.07, 6.45) is 1.94. The van der Waals surface area contributed by atoms with Crippen LogP contribution in [0.1, 0.15) is 46.2 Å². The van der Waals surface area contributed by atoms with Crippen molar-refractivity contribution >= 4 is 52.6 Å². The van der Waals surface area contributed by atoms with Gasteiger partial charge in [-0.2, -0.15) is 0 Å². The second-order valence-corrected chi connectivity index (χ2v) is 8.28. The van der Waals surface area contributed by atoms with Gasteiger partial charge in [0.2, 0.25) is 0 Å². The third kappa shape index (κ3) is 6.95. The molecule has 152 valence electrons. The van der Waals surface area contributed by atoms with Gasteiger partial charge in [0.15, 0.2) is 5.96 Å². The van der Waals surface area contributed by atoms with Crippen LogP contribution in [0, 0.1) is 6.92 Å². The van der Waals surface area contributed by atoms with Gasteiger partial charge < -0.3 is 15.0 Å². The van der Waals surface area contributed by atoms with Crippen LogP contribution in [-0.2, 0) is 24.1 Å². The highest BCUT2D eigenvalue weighted by Gasteiger charge is 2.13. The van der Waals surface area contributed by atoms with Crippen LogP contribution in [0.25, 0.3) is 0 Å². The Morgan fingerprint density at radius 2 is 2.15 bits per heavy atom. The van der Waals surface area contributed by atoms with E-state index in [1.165, 1.54) is 15.6 Å². The van der Waals surface area contributed by atoms with E-state index in [9.17, 15) is 0 Å². The van der Waals surface area contributed by atoms with Gasteiger partial charge >= 0.3 is 0 Å². The monoisotopic (exact) mass is 523 g/mol. The third-order valence-corrected chi connectivity index (χ3v) is 6.26. The summed E-state index contributed by atoms with van der Waals surface area (Å²) in [5.74, 6) is 0.864. The Labute approximate surface area is 187 Å². The van der Waals surface area contributed by atoms with Gasteiger partial charge in [-0.1, -0.05) is 6.92 Å². The Hall–Kier alpha value is -0.780. The first-order chi connectivity index (χ1) is 12.5. The molecule has 0 amide bonds. The molecule has 2 heterocycles. The van der Waals surface area contributed by atoms with Gasteiger partial charge in [0.05, 0.1) is 22.9 Å². The minimum Gasteiger partial charge on any atom is -0.375 e. The lowest BCUT2D eigenvalue weighted by Gasteiger charge is -2.21. The number of nitrogens with zero attached hydrogens (tertiary/aromatic N) is 4. The topological polar surface area (TPSA) is 62.6 Å². The molecule has 0 spiro atoms. The number of halogens is 1. The summed E-state index contributed by atoms with van der Waals surface area (Å²) < 4.78 is 5.33. The standard InChI is InChI=1S/C18H29N5OS2.HI/c1-7-15-13(3)26-16(22-15)8-9-20-18(19-4)23(5)10-14-11-25-17(21-14)12(2)24-6;/h11-12H,7-10H2,1-6H3,(H,19,20);1H. The normalized spacial score (nSPS) is 12.6. The molecule has 9 heteroatoms. The summed E-state index contributed by atoms with van der Waals surface area (Å²) in [6.45, 7) is 7.83. The predicted octanol–water partition coefficient (Wildman–Crippen LogP) is 4.05. The summed E-state index contributed by atoms with van der Waals surface area (Å²) >= 11 is 3.43. The van der Waals surface area contributed by atoms with Crippen molar-refractivity contribution in [2.75, 3.05) is 27.7 Å². The first-order valence-electron chi connectivity index (χ1n) is 8.82. The highest BCUT2D eigenvalue weighted by atomic mass is 127. The quantitative estimate of drug-likeness (QED) is 0.322. The number of nitrogens with one attached hydrogen (secondary N) is 1. The molecule has 0 bridgehead atoms. The van der Waals surface area contributed by atoms with Crippen molar-refractivity contribution in [1.82, 2.24) is 20.2 Å². The van der Waals surface area contributed by atoms with Gasteiger partial charge in [-0.3, -0.25) is 4.99 Å². The summed E-state index contributed by atoms with van der Waals surface area (Å²) in [4.78, 5) is 17.1. The molecule has 0 radical (unpaired) electrons. The molecule has 27 heavy (non-hydrogen) atoms. The van der Waals surface area contributed by atoms with Crippen molar-refractivity contribution in [2.45, 2.75) is 46.3 Å². The maximum atomic E-state index is 5.33. The molecule has 0 fully saturated rings. The number of aryl methyl sites for hydroxylation is 2.